The normalized spacial score (nSPS) is 13.6. The van der Waals surface area contributed by atoms with E-state index >= 15 is 0 Å². The summed E-state index contributed by atoms with van der Waals surface area (Å²) in [5, 5.41) is 0.223. The van der Waals surface area contributed by atoms with Crippen LogP contribution in [0, 0.1) is 0 Å². The summed E-state index contributed by atoms with van der Waals surface area (Å²) in [6.07, 6.45) is 8.12. The fourth-order valence-corrected chi connectivity index (χ4v) is 3.04. The Hall–Kier alpha value is -2.78. The monoisotopic (exact) mass is 345 g/mol. The Morgan fingerprint density at radius 2 is 1.52 bits per heavy atom. The molecule has 0 saturated carbocycles. The van der Waals surface area contributed by atoms with E-state index in [0.717, 1.165) is 35.1 Å². The Morgan fingerprint density at radius 3 is 2.32 bits per heavy atom. The molecule has 0 amide bonds. The van der Waals surface area contributed by atoms with Crippen molar-refractivity contribution in [3.63, 3.8) is 0 Å². The van der Waals surface area contributed by atoms with Gasteiger partial charge < -0.3 is 0 Å². The molecule has 1 heterocycles. The predicted molar refractivity (Wildman–Crippen MR) is 102 cm³/mol. The summed E-state index contributed by atoms with van der Waals surface area (Å²) in [6.45, 7) is 0. The number of halogens is 1. The van der Waals surface area contributed by atoms with E-state index in [0.29, 0.717) is 11.6 Å². The Bertz CT molecular complexity index is 962. The molecule has 3 aromatic rings. The summed E-state index contributed by atoms with van der Waals surface area (Å²) in [5.41, 5.74) is 4.30. The molecule has 0 unspecified atom stereocenters. The highest BCUT2D eigenvalue weighted by Crippen LogP contribution is 2.27. The molecule has 0 atom stereocenters. The zero-order chi connectivity index (χ0) is 17.1. The van der Waals surface area contributed by atoms with E-state index in [2.05, 4.69) is 45.3 Å². The largest absolute Gasteiger partial charge is 0.226 e. The molecular weight excluding hydrogens is 330 g/mol. The summed E-state index contributed by atoms with van der Waals surface area (Å²) >= 11 is 6.17. The lowest BCUT2D eigenvalue weighted by Gasteiger charge is -2.10. The molecule has 0 aliphatic heterocycles. The minimum atomic E-state index is 0.223. The van der Waals surface area contributed by atoms with Crippen molar-refractivity contribution in [2.24, 2.45) is 0 Å². The zero-order valence-electron chi connectivity index (χ0n) is 13.6. The fourth-order valence-electron chi connectivity index (χ4n) is 2.88. The van der Waals surface area contributed by atoms with E-state index in [1.54, 1.807) is 0 Å². The molecule has 0 fully saturated rings. The van der Waals surface area contributed by atoms with E-state index in [9.17, 15) is 0 Å². The van der Waals surface area contributed by atoms with Crippen LogP contribution in [0.5, 0.6) is 0 Å². The molecule has 1 aliphatic rings. The lowest BCUT2D eigenvalue weighted by atomic mass is 10.0. The van der Waals surface area contributed by atoms with Crippen LogP contribution < -0.4 is 0 Å². The first-order valence-corrected chi connectivity index (χ1v) is 8.61. The van der Waals surface area contributed by atoms with Crippen molar-refractivity contribution in [1.82, 2.24) is 15.0 Å². The minimum Gasteiger partial charge on any atom is -0.208 e. The Kier molecular flexibility index (Phi) is 4.40. The molecule has 0 bridgehead atoms. The fraction of sp³-hybridized carbons (Fsp3) is 0.0952. The van der Waals surface area contributed by atoms with Gasteiger partial charge in [-0.15, -0.1) is 0 Å². The van der Waals surface area contributed by atoms with Crippen LogP contribution in [0.1, 0.15) is 18.7 Å². The van der Waals surface area contributed by atoms with Gasteiger partial charge in [0.25, 0.3) is 0 Å². The molecule has 0 radical (unpaired) electrons. The van der Waals surface area contributed by atoms with Gasteiger partial charge in [0.1, 0.15) is 0 Å². The predicted octanol–water partition coefficient (Wildman–Crippen LogP) is 5.59. The average molecular weight is 346 g/mol. The van der Waals surface area contributed by atoms with Gasteiger partial charge in [0.2, 0.25) is 5.28 Å². The van der Waals surface area contributed by atoms with E-state index < -0.39 is 0 Å². The molecule has 122 valence electrons. The first kappa shape index (κ1) is 15.7. The number of hydrogen-bond donors (Lipinski definition) is 0. The number of nitrogens with zero attached hydrogens (tertiary/aromatic N) is 3. The van der Waals surface area contributed by atoms with Crippen LogP contribution in [-0.2, 0) is 0 Å². The smallest absolute Gasteiger partial charge is 0.208 e. The minimum absolute atomic E-state index is 0.223. The van der Waals surface area contributed by atoms with Crippen LogP contribution in [0.4, 0.5) is 0 Å². The van der Waals surface area contributed by atoms with Crippen molar-refractivity contribution in [3.8, 4) is 22.5 Å². The molecule has 1 aliphatic carbocycles. The second-order valence-corrected chi connectivity index (χ2v) is 6.20. The summed E-state index contributed by atoms with van der Waals surface area (Å²) in [5.74, 6) is 1.26. The second-order valence-electron chi connectivity index (χ2n) is 5.86. The van der Waals surface area contributed by atoms with Crippen molar-refractivity contribution in [2.75, 3.05) is 0 Å². The Balaban J connectivity index is 1.76. The van der Waals surface area contributed by atoms with Gasteiger partial charge in [-0.3, -0.25) is 0 Å². The van der Waals surface area contributed by atoms with Crippen LogP contribution >= 0.6 is 11.6 Å². The van der Waals surface area contributed by atoms with Crippen LogP contribution in [0.2, 0.25) is 5.28 Å². The third-order valence-electron chi connectivity index (χ3n) is 4.14. The van der Waals surface area contributed by atoms with Crippen molar-refractivity contribution in [2.45, 2.75) is 12.8 Å². The molecule has 4 rings (SSSR count). The molecule has 2 aromatic carbocycles. The van der Waals surface area contributed by atoms with Crippen LogP contribution in [0.15, 0.2) is 72.8 Å². The molecule has 0 spiro atoms. The number of aromatic nitrogens is 3. The second kappa shape index (κ2) is 6.99. The van der Waals surface area contributed by atoms with Gasteiger partial charge >= 0.3 is 0 Å². The highest BCUT2D eigenvalue weighted by Gasteiger charge is 2.12. The van der Waals surface area contributed by atoms with E-state index in [1.807, 2.05) is 42.5 Å². The standard InChI is InChI=1S/C21H16ClN3/c22-21-24-19(16-10-5-2-6-11-16)23-20(25-21)18-13-7-12-17(14-18)15-8-3-1-4-9-15/h1-5,7-10,12-14H,6,11H2. The van der Waals surface area contributed by atoms with Crippen LogP contribution in [0.3, 0.4) is 0 Å². The topological polar surface area (TPSA) is 38.7 Å². The third kappa shape index (κ3) is 3.52. The van der Waals surface area contributed by atoms with Crippen molar-refractivity contribution >= 4 is 17.2 Å². The molecule has 3 nitrogen and oxygen atoms in total. The average Bonchev–Trinajstić information content (AvgIpc) is 2.69. The molecule has 0 N–H and O–H groups in total. The first-order valence-electron chi connectivity index (χ1n) is 8.23. The Morgan fingerprint density at radius 1 is 0.760 bits per heavy atom. The van der Waals surface area contributed by atoms with E-state index in [1.165, 1.54) is 0 Å². The van der Waals surface area contributed by atoms with Gasteiger partial charge in [-0.25, -0.2) is 4.98 Å². The zero-order valence-corrected chi connectivity index (χ0v) is 14.3. The molecule has 1 aromatic heterocycles. The van der Waals surface area contributed by atoms with E-state index in [-0.39, 0.29) is 5.28 Å². The maximum Gasteiger partial charge on any atom is 0.226 e. The molecular formula is C21H16ClN3. The maximum absolute atomic E-state index is 6.17. The Labute approximate surface area is 151 Å². The number of hydrogen-bond acceptors (Lipinski definition) is 3. The highest BCUT2D eigenvalue weighted by molar-refractivity contribution is 6.28. The van der Waals surface area contributed by atoms with E-state index in [4.69, 9.17) is 11.6 Å². The maximum atomic E-state index is 6.17. The first-order chi connectivity index (χ1) is 12.3. The van der Waals surface area contributed by atoms with Gasteiger partial charge in [-0.1, -0.05) is 66.8 Å². The van der Waals surface area contributed by atoms with Crippen LogP contribution in [0.25, 0.3) is 28.1 Å². The highest BCUT2D eigenvalue weighted by atomic mass is 35.5. The van der Waals surface area contributed by atoms with Crippen LogP contribution in [-0.4, -0.2) is 15.0 Å². The van der Waals surface area contributed by atoms with Gasteiger partial charge in [0.05, 0.1) is 0 Å². The molecule has 0 saturated heterocycles. The van der Waals surface area contributed by atoms with Crippen molar-refractivity contribution < 1.29 is 0 Å². The third-order valence-corrected chi connectivity index (χ3v) is 4.31. The summed E-state index contributed by atoms with van der Waals surface area (Å²) in [7, 11) is 0. The number of allylic oxidation sites excluding steroid dienone is 4. The van der Waals surface area contributed by atoms with Gasteiger partial charge in [-0.2, -0.15) is 9.97 Å². The summed E-state index contributed by atoms with van der Waals surface area (Å²) in [4.78, 5) is 13.3. The van der Waals surface area contributed by atoms with Gasteiger partial charge in [0, 0.05) is 5.56 Å². The summed E-state index contributed by atoms with van der Waals surface area (Å²) < 4.78 is 0. The summed E-state index contributed by atoms with van der Waals surface area (Å²) in [6, 6.07) is 18.4. The van der Waals surface area contributed by atoms with Crippen molar-refractivity contribution in [3.05, 3.63) is 83.9 Å². The quantitative estimate of drug-likeness (QED) is 0.620. The lowest BCUT2D eigenvalue weighted by Crippen LogP contribution is -2.01. The SMILES string of the molecule is Clc1nc(C2=CC=CCC2)nc(-c2cccc(-c3ccccc3)c2)n1. The van der Waals surface area contributed by atoms with Gasteiger partial charge in [-0.05, 0) is 47.2 Å². The lowest BCUT2D eigenvalue weighted by molar-refractivity contribution is 0.973. The van der Waals surface area contributed by atoms with Gasteiger partial charge in [0.15, 0.2) is 11.6 Å². The molecule has 4 heteroatoms. The number of rotatable bonds is 3. The molecule has 25 heavy (non-hydrogen) atoms. The number of benzene rings is 2. The van der Waals surface area contributed by atoms with Crippen molar-refractivity contribution in [1.29, 1.82) is 0 Å².